The van der Waals surface area contributed by atoms with E-state index in [-0.39, 0.29) is 17.4 Å². The van der Waals surface area contributed by atoms with Crippen molar-refractivity contribution in [3.63, 3.8) is 0 Å². The quantitative estimate of drug-likeness (QED) is 0.552. The van der Waals surface area contributed by atoms with Gasteiger partial charge >= 0.3 is 0 Å². The van der Waals surface area contributed by atoms with Gasteiger partial charge in [0, 0.05) is 31.9 Å². The largest absolute Gasteiger partial charge is 0.497 e. The molecule has 1 aliphatic heterocycles. The summed E-state index contributed by atoms with van der Waals surface area (Å²) < 4.78 is 43.8. The molecule has 2 aromatic rings. The summed E-state index contributed by atoms with van der Waals surface area (Å²) in [6.45, 7) is 6.08. The molecule has 0 atom stereocenters. The van der Waals surface area contributed by atoms with E-state index in [0.29, 0.717) is 29.3 Å². The zero-order valence-corrected chi connectivity index (χ0v) is 19.1. The molecular weight excluding hydrogens is 434 g/mol. The van der Waals surface area contributed by atoms with Gasteiger partial charge in [-0.1, -0.05) is 0 Å². The number of carbonyl (C=O) groups excluding carboxylic acids is 1. The first-order valence-electron chi connectivity index (χ1n) is 10.3. The second kappa shape index (κ2) is 11.2. The molecule has 0 aliphatic carbocycles. The monoisotopic (exact) mass is 463 g/mol. The van der Waals surface area contributed by atoms with Gasteiger partial charge < -0.3 is 19.5 Å². The number of nitrogens with zero attached hydrogens (tertiary/aromatic N) is 1. The van der Waals surface area contributed by atoms with Crippen LogP contribution < -0.4 is 19.5 Å². The van der Waals surface area contributed by atoms with Crippen LogP contribution in [-0.4, -0.2) is 72.3 Å². The summed E-state index contributed by atoms with van der Waals surface area (Å²) in [5, 5.41) is 2.83. The topological polar surface area (TPSA) is 106 Å². The highest BCUT2D eigenvalue weighted by Crippen LogP contribution is 2.24. The fourth-order valence-corrected chi connectivity index (χ4v) is 4.34. The van der Waals surface area contributed by atoms with Crippen LogP contribution >= 0.6 is 0 Å². The molecular formula is C22H29N3O6S. The minimum absolute atomic E-state index is 0.105. The Labute approximate surface area is 188 Å². The lowest BCUT2D eigenvalue weighted by atomic mass is 10.2. The summed E-state index contributed by atoms with van der Waals surface area (Å²) >= 11 is 0. The van der Waals surface area contributed by atoms with Gasteiger partial charge in [-0.25, -0.2) is 8.42 Å². The van der Waals surface area contributed by atoms with Crippen LogP contribution in [0.5, 0.6) is 11.5 Å². The lowest BCUT2D eigenvalue weighted by Gasteiger charge is -2.26. The van der Waals surface area contributed by atoms with E-state index in [4.69, 9.17) is 14.2 Å². The highest BCUT2D eigenvalue weighted by molar-refractivity contribution is 7.92. The summed E-state index contributed by atoms with van der Waals surface area (Å²) in [5.41, 5.74) is 1.04. The third-order valence-corrected chi connectivity index (χ3v) is 6.39. The molecule has 0 spiro atoms. The minimum atomic E-state index is -3.77. The van der Waals surface area contributed by atoms with Gasteiger partial charge in [-0.2, -0.15) is 0 Å². The van der Waals surface area contributed by atoms with Crippen molar-refractivity contribution < 1.29 is 27.4 Å². The smallest absolute Gasteiger partial charge is 0.261 e. The summed E-state index contributed by atoms with van der Waals surface area (Å²) in [6, 6.07) is 11.1. The Morgan fingerprint density at radius 3 is 2.50 bits per heavy atom. The number of morpholine rings is 1. The van der Waals surface area contributed by atoms with E-state index in [1.54, 1.807) is 44.4 Å². The van der Waals surface area contributed by atoms with E-state index in [0.717, 1.165) is 32.8 Å². The lowest BCUT2D eigenvalue weighted by molar-refractivity contribution is -0.123. The maximum Gasteiger partial charge on any atom is 0.261 e. The van der Waals surface area contributed by atoms with E-state index in [1.807, 2.05) is 0 Å². The van der Waals surface area contributed by atoms with Crippen molar-refractivity contribution in [3.8, 4) is 11.5 Å². The summed E-state index contributed by atoms with van der Waals surface area (Å²) in [6.07, 6.45) is 0. The van der Waals surface area contributed by atoms with Crippen molar-refractivity contribution in [2.45, 2.75) is 11.8 Å². The molecule has 0 radical (unpaired) electrons. The Balaban J connectivity index is 1.50. The Bertz CT molecular complexity index is 1000. The van der Waals surface area contributed by atoms with Gasteiger partial charge in [0.2, 0.25) is 0 Å². The predicted octanol–water partition coefficient (Wildman–Crippen LogP) is 1.63. The SMILES string of the molecule is COc1ccc(NS(=O)(=O)c2ccc(OCC(=O)NCCN3CCOCC3)c(C)c2)cc1. The summed E-state index contributed by atoms with van der Waals surface area (Å²) in [7, 11) is -2.22. The van der Waals surface area contributed by atoms with Gasteiger partial charge in [-0.3, -0.25) is 14.4 Å². The molecule has 1 amide bonds. The van der Waals surface area contributed by atoms with Crippen LogP contribution in [0.2, 0.25) is 0 Å². The van der Waals surface area contributed by atoms with Gasteiger partial charge in [-0.05, 0) is 55.0 Å². The highest BCUT2D eigenvalue weighted by Gasteiger charge is 2.16. The molecule has 3 rings (SSSR count). The Kier molecular flexibility index (Phi) is 8.32. The number of amides is 1. The Morgan fingerprint density at radius 2 is 1.84 bits per heavy atom. The number of carbonyl (C=O) groups is 1. The molecule has 9 nitrogen and oxygen atoms in total. The zero-order chi connectivity index (χ0) is 23.0. The maximum atomic E-state index is 12.7. The van der Waals surface area contributed by atoms with E-state index >= 15 is 0 Å². The number of aryl methyl sites for hydroxylation is 1. The number of anilines is 1. The standard InChI is InChI=1S/C22H29N3O6S/c1-17-15-20(32(27,28)24-18-3-5-19(29-2)6-4-18)7-8-21(17)31-16-22(26)23-9-10-25-11-13-30-14-12-25/h3-8,15,24H,9-14,16H2,1-2H3,(H,23,26). The molecule has 1 fully saturated rings. The van der Waals surface area contributed by atoms with Crippen molar-refractivity contribution in [1.29, 1.82) is 0 Å². The van der Waals surface area contributed by atoms with Crippen LogP contribution in [0.25, 0.3) is 0 Å². The average Bonchev–Trinajstić information content (AvgIpc) is 2.79. The Morgan fingerprint density at radius 1 is 1.12 bits per heavy atom. The van der Waals surface area contributed by atoms with Crippen LogP contribution in [0, 0.1) is 6.92 Å². The minimum Gasteiger partial charge on any atom is -0.497 e. The summed E-state index contributed by atoms with van der Waals surface area (Å²) in [4.78, 5) is 14.4. The number of nitrogens with one attached hydrogen (secondary N) is 2. The third kappa shape index (κ3) is 6.84. The molecule has 0 aromatic heterocycles. The van der Waals surface area contributed by atoms with Crippen LogP contribution in [-0.2, 0) is 19.6 Å². The first kappa shape index (κ1) is 23.8. The Hall–Kier alpha value is -2.82. The van der Waals surface area contributed by atoms with Crippen molar-refractivity contribution >= 4 is 21.6 Å². The fourth-order valence-electron chi connectivity index (χ4n) is 3.20. The molecule has 0 bridgehead atoms. The first-order chi connectivity index (χ1) is 15.4. The van der Waals surface area contributed by atoms with E-state index in [9.17, 15) is 13.2 Å². The molecule has 0 saturated carbocycles. The van der Waals surface area contributed by atoms with Crippen LogP contribution in [0.1, 0.15) is 5.56 Å². The lowest BCUT2D eigenvalue weighted by Crippen LogP contribution is -2.42. The number of rotatable bonds is 10. The number of benzene rings is 2. The second-order valence-corrected chi connectivity index (χ2v) is 9.04. The molecule has 2 aromatic carbocycles. The number of methoxy groups -OCH3 is 1. The van der Waals surface area contributed by atoms with E-state index in [1.165, 1.54) is 12.1 Å². The number of hydrogen-bond acceptors (Lipinski definition) is 7. The van der Waals surface area contributed by atoms with Crippen LogP contribution in [0.4, 0.5) is 5.69 Å². The zero-order valence-electron chi connectivity index (χ0n) is 18.3. The second-order valence-electron chi connectivity index (χ2n) is 7.35. The molecule has 2 N–H and O–H groups in total. The first-order valence-corrected chi connectivity index (χ1v) is 11.8. The van der Waals surface area contributed by atoms with Crippen LogP contribution in [0.15, 0.2) is 47.4 Å². The molecule has 10 heteroatoms. The third-order valence-electron chi connectivity index (χ3n) is 5.01. The van der Waals surface area contributed by atoms with Gasteiger partial charge in [0.05, 0.1) is 25.2 Å². The highest BCUT2D eigenvalue weighted by atomic mass is 32.2. The maximum absolute atomic E-state index is 12.7. The average molecular weight is 464 g/mol. The number of ether oxygens (including phenoxy) is 3. The molecule has 0 unspecified atom stereocenters. The molecule has 32 heavy (non-hydrogen) atoms. The van der Waals surface area contributed by atoms with Crippen molar-refractivity contribution in [1.82, 2.24) is 10.2 Å². The predicted molar refractivity (Wildman–Crippen MR) is 121 cm³/mol. The van der Waals surface area contributed by atoms with Crippen molar-refractivity contribution in [3.05, 3.63) is 48.0 Å². The number of sulfonamides is 1. The van der Waals surface area contributed by atoms with Gasteiger partial charge in [-0.15, -0.1) is 0 Å². The van der Waals surface area contributed by atoms with Gasteiger partial charge in [0.1, 0.15) is 11.5 Å². The fraction of sp³-hybridized carbons (Fsp3) is 0.409. The number of hydrogen-bond donors (Lipinski definition) is 2. The van der Waals surface area contributed by atoms with Gasteiger partial charge in [0.15, 0.2) is 6.61 Å². The molecule has 1 saturated heterocycles. The molecule has 1 heterocycles. The van der Waals surface area contributed by atoms with Crippen molar-refractivity contribution in [2.75, 3.05) is 57.8 Å². The molecule has 1 aliphatic rings. The summed E-state index contributed by atoms with van der Waals surface area (Å²) in [5.74, 6) is 0.864. The van der Waals surface area contributed by atoms with E-state index in [2.05, 4.69) is 14.9 Å². The van der Waals surface area contributed by atoms with Crippen LogP contribution in [0.3, 0.4) is 0 Å². The van der Waals surface area contributed by atoms with Gasteiger partial charge in [0.25, 0.3) is 15.9 Å². The van der Waals surface area contributed by atoms with E-state index < -0.39 is 10.0 Å². The normalized spacial score (nSPS) is 14.6. The molecule has 174 valence electrons. The van der Waals surface area contributed by atoms with Crippen molar-refractivity contribution in [2.24, 2.45) is 0 Å².